The number of amides is 1. The summed E-state index contributed by atoms with van der Waals surface area (Å²) in [5.74, 6) is 0.0983. The minimum atomic E-state index is -4.38. The highest BCUT2D eigenvalue weighted by Crippen LogP contribution is 2.32. The molecule has 0 spiro atoms. The third-order valence-corrected chi connectivity index (χ3v) is 8.70. The van der Waals surface area contributed by atoms with Gasteiger partial charge in [0, 0.05) is 57.5 Å². The van der Waals surface area contributed by atoms with Gasteiger partial charge in [0.1, 0.15) is 0 Å². The molecule has 6 rings (SSSR count). The standard InChI is InChI=1S/C36H37F3N4O/c37-36(38,39)31-12-7-13-33(22-31)41-18-20-42(21-19-41)35(44)34-23-32(26-43(34)25-28-8-3-1-4-9-28)40-24-27-14-16-30(17-15-27)29-10-5-2-6-11-29/h1-17,22,32,34,40H,18-21,23-26H2/t32-,34+/m1/s1. The number of hydrogen-bond acceptors (Lipinski definition) is 4. The fourth-order valence-corrected chi connectivity index (χ4v) is 6.28. The summed E-state index contributed by atoms with van der Waals surface area (Å²) in [5.41, 5.74) is 4.62. The third-order valence-electron chi connectivity index (χ3n) is 8.70. The molecule has 1 N–H and O–H groups in total. The molecule has 228 valence electrons. The van der Waals surface area contributed by atoms with Crippen molar-refractivity contribution in [1.29, 1.82) is 0 Å². The van der Waals surface area contributed by atoms with Crippen molar-refractivity contribution < 1.29 is 18.0 Å². The lowest BCUT2D eigenvalue weighted by Gasteiger charge is -2.38. The lowest BCUT2D eigenvalue weighted by molar-refractivity contribution is -0.137. The van der Waals surface area contributed by atoms with Gasteiger partial charge in [0.05, 0.1) is 11.6 Å². The minimum Gasteiger partial charge on any atom is -0.368 e. The predicted octanol–water partition coefficient (Wildman–Crippen LogP) is 6.45. The Hall–Kier alpha value is -4.14. The molecule has 0 aromatic heterocycles. The van der Waals surface area contributed by atoms with E-state index in [9.17, 15) is 18.0 Å². The number of carbonyl (C=O) groups is 1. The van der Waals surface area contributed by atoms with E-state index in [1.165, 1.54) is 28.8 Å². The van der Waals surface area contributed by atoms with E-state index < -0.39 is 11.7 Å². The lowest BCUT2D eigenvalue weighted by atomic mass is 10.0. The van der Waals surface area contributed by atoms with Gasteiger partial charge >= 0.3 is 6.18 Å². The molecule has 4 aromatic rings. The van der Waals surface area contributed by atoms with Crippen molar-refractivity contribution in [2.45, 2.75) is 37.8 Å². The summed E-state index contributed by atoms with van der Waals surface area (Å²) in [7, 11) is 0. The zero-order valence-electron chi connectivity index (χ0n) is 24.6. The van der Waals surface area contributed by atoms with Crippen molar-refractivity contribution in [2.24, 2.45) is 0 Å². The van der Waals surface area contributed by atoms with Crippen LogP contribution in [0.25, 0.3) is 11.1 Å². The van der Waals surface area contributed by atoms with Gasteiger partial charge in [-0.3, -0.25) is 9.69 Å². The Labute approximate surface area is 256 Å². The van der Waals surface area contributed by atoms with Gasteiger partial charge in [-0.2, -0.15) is 13.2 Å². The molecule has 0 radical (unpaired) electrons. The second kappa shape index (κ2) is 13.2. The van der Waals surface area contributed by atoms with Gasteiger partial charge in [-0.1, -0.05) is 91.0 Å². The van der Waals surface area contributed by atoms with Gasteiger partial charge in [-0.25, -0.2) is 0 Å². The normalized spacial score (nSPS) is 19.3. The highest BCUT2D eigenvalue weighted by molar-refractivity contribution is 5.82. The van der Waals surface area contributed by atoms with Crippen LogP contribution in [-0.2, 0) is 24.1 Å². The molecular weight excluding hydrogens is 561 g/mol. The maximum Gasteiger partial charge on any atom is 0.416 e. The van der Waals surface area contributed by atoms with Crippen molar-refractivity contribution in [2.75, 3.05) is 37.6 Å². The van der Waals surface area contributed by atoms with Crippen LogP contribution in [0.5, 0.6) is 0 Å². The Bertz CT molecular complexity index is 1520. The number of nitrogens with one attached hydrogen (secondary N) is 1. The largest absolute Gasteiger partial charge is 0.416 e. The Morgan fingerprint density at radius 3 is 2.09 bits per heavy atom. The number of nitrogens with zero attached hydrogens (tertiary/aromatic N) is 3. The number of likely N-dealkylation sites (tertiary alicyclic amines) is 1. The second-order valence-electron chi connectivity index (χ2n) is 11.7. The number of rotatable bonds is 8. The fraction of sp³-hybridized carbons (Fsp3) is 0.306. The van der Waals surface area contributed by atoms with Gasteiger partial charge < -0.3 is 15.1 Å². The summed E-state index contributed by atoms with van der Waals surface area (Å²) in [4.78, 5) is 20.0. The summed E-state index contributed by atoms with van der Waals surface area (Å²) >= 11 is 0. The van der Waals surface area contributed by atoms with Crippen LogP contribution in [0.2, 0.25) is 0 Å². The van der Waals surface area contributed by atoms with Gasteiger partial charge in [-0.05, 0) is 46.9 Å². The molecule has 0 saturated carbocycles. The first-order valence-electron chi connectivity index (χ1n) is 15.2. The zero-order valence-corrected chi connectivity index (χ0v) is 24.6. The summed E-state index contributed by atoms with van der Waals surface area (Å²) in [6.07, 6.45) is -3.67. The summed E-state index contributed by atoms with van der Waals surface area (Å²) in [5, 5.41) is 3.69. The van der Waals surface area contributed by atoms with E-state index in [1.807, 2.05) is 46.2 Å². The summed E-state index contributed by atoms with van der Waals surface area (Å²) in [6, 6.07) is 34.5. The molecule has 0 aliphatic carbocycles. The molecule has 2 aliphatic heterocycles. The van der Waals surface area contributed by atoms with Crippen LogP contribution in [0.3, 0.4) is 0 Å². The molecular formula is C36H37F3N4O. The predicted molar refractivity (Wildman–Crippen MR) is 168 cm³/mol. The monoisotopic (exact) mass is 598 g/mol. The van der Waals surface area contributed by atoms with E-state index in [4.69, 9.17) is 0 Å². The van der Waals surface area contributed by atoms with E-state index >= 15 is 0 Å². The Morgan fingerprint density at radius 2 is 1.41 bits per heavy atom. The number of alkyl halides is 3. The third kappa shape index (κ3) is 7.14. The van der Waals surface area contributed by atoms with Crippen molar-refractivity contribution in [3.05, 3.63) is 126 Å². The summed E-state index contributed by atoms with van der Waals surface area (Å²) < 4.78 is 39.8. The molecule has 2 atom stereocenters. The van der Waals surface area contributed by atoms with E-state index in [2.05, 4.69) is 58.7 Å². The van der Waals surface area contributed by atoms with Crippen molar-refractivity contribution in [3.63, 3.8) is 0 Å². The highest BCUT2D eigenvalue weighted by Gasteiger charge is 2.39. The van der Waals surface area contributed by atoms with Gasteiger partial charge in [0.15, 0.2) is 0 Å². The molecule has 2 saturated heterocycles. The molecule has 1 amide bonds. The number of piperazine rings is 1. The zero-order chi connectivity index (χ0) is 30.5. The average molecular weight is 599 g/mol. The Morgan fingerprint density at radius 1 is 0.750 bits per heavy atom. The van der Waals surface area contributed by atoms with Crippen molar-refractivity contribution in [3.8, 4) is 11.1 Å². The first kappa shape index (κ1) is 29.9. The van der Waals surface area contributed by atoms with Crippen LogP contribution in [-0.4, -0.2) is 60.5 Å². The van der Waals surface area contributed by atoms with Gasteiger partial charge in [0.25, 0.3) is 0 Å². The van der Waals surface area contributed by atoms with Crippen LogP contribution >= 0.6 is 0 Å². The number of carbonyl (C=O) groups excluding carboxylic acids is 1. The maximum absolute atomic E-state index is 13.9. The van der Waals surface area contributed by atoms with E-state index in [0.717, 1.165) is 24.7 Å². The molecule has 8 heteroatoms. The average Bonchev–Trinajstić information content (AvgIpc) is 3.46. The van der Waals surface area contributed by atoms with Crippen molar-refractivity contribution in [1.82, 2.24) is 15.1 Å². The number of halogens is 3. The second-order valence-corrected chi connectivity index (χ2v) is 11.7. The van der Waals surface area contributed by atoms with E-state index in [1.54, 1.807) is 6.07 Å². The fourth-order valence-electron chi connectivity index (χ4n) is 6.28. The smallest absolute Gasteiger partial charge is 0.368 e. The lowest BCUT2D eigenvalue weighted by Crippen LogP contribution is -2.53. The first-order chi connectivity index (χ1) is 21.3. The van der Waals surface area contributed by atoms with Gasteiger partial charge in [0.2, 0.25) is 5.91 Å². The van der Waals surface area contributed by atoms with E-state index in [0.29, 0.717) is 44.8 Å². The van der Waals surface area contributed by atoms with Crippen LogP contribution in [0, 0.1) is 0 Å². The first-order valence-corrected chi connectivity index (χ1v) is 15.2. The molecule has 5 nitrogen and oxygen atoms in total. The highest BCUT2D eigenvalue weighted by atomic mass is 19.4. The molecule has 44 heavy (non-hydrogen) atoms. The van der Waals surface area contributed by atoms with Crippen LogP contribution < -0.4 is 10.2 Å². The Balaban J connectivity index is 1.09. The Kier molecular flexibility index (Phi) is 9.00. The topological polar surface area (TPSA) is 38.8 Å². The maximum atomic E-state index is 13.9. The van der Waals surface area contributed by atoms with Gasteiger partial charge in [-0.15, -0.1) is 0 Å². The molecule has 2 fully saturated rings. The number of anilines is 1. The van der Waals surface area contributed by atoms with Crippen LogP contribution in [0.4, 0.5) is 18.9 Å². The minimum absolute atomic E-state index is 0.0983. The molecule has 2 aliphatic rings. The molecule has 2 heterocycles. The molecule has 4 aromatic carbocycles. The van der Waals surface area contributed by atoms with E-state index in [-0.39, 0.29) is 18.0 Å². The quantitative estimate of drug-likeness (QED) is 0.253. The molecule has 0 bridgehead atoms. The summed E-state index contributed by atoms with van der Waals surface area (Å²) in [6.45, 7) is 4.13. The van der Waals surface area contributed by atoms with Crippen LogP contribution in [0.15, 0.2) is 109 Å². The van der Waals surface area contributed by atoms with Crippen molar-refractivity contribution >= 4 is 11.6 Å². The number of hydrogen-bond donors (Lipinski definition) is 1. The SMILES string of the molecule is O=C([C@@H]1C[C@@H](NCc2ccc(-c3ccccc3)cc2)CN1Cc1ccccc1)N1CCN(c2cccc(C(F)(F)F)c2)CC1. The number of benzene rings is 4. The molecule has 0 unspecified atom stereocenters. The van der Waals surface area contributed by atoms with Crippen LogP contribution in [0.1, 0.15) is 23.1 Å².